The van der Waals surface area contributed by atoms with Crippen LogP contribution in [0.15, 0.2) is 21.9 Å². The predicted octanol–water partition coefficient (Wildman–Crippen LogP) is 1.13. The van der Waals surface area contributed by atoms with Gasteiger partial charge in [-0.1, -0.05) is 0 Å². The molecule has 0 fully saturated rings. The number of hydrogen-bond donors (Lipinski definition) is 1. The molecular weight excluding hydrogens is 298 g/mol. The van der Waals surface area contributed by atoms with Crippen LogP contribution in [0.4, 0.5) is 11.4 Å². The van der Waals surface area contributed by atoms with E-state index >= 15 is 0 Å². The Hall–Kier alpha value is -1.72. The fourth-order valence-corrected chi connectivity index (χ4v) is 3.36. The molecule has 0 unspecified atom stereocenters. The summed E-state index contributed by atoms with van der Waals surface area (Å²) in [6.07, 6.45) is 1.45. The maximum absolute atomic E-state index is 11.8. The van der Waals surface area contributed by atoms with Gasteiger partial charge in [0, 0.05) is 6.07 Å². The number of hydrogen-bond acceptors (Lipinski definition) is 7. The van der Waals surface area contributed by atoms with E-state index in [0.29, 0.717) is 0 Å². The van der Waals surface area contributed by atoms with Crippen molar-refractivity contribution >= 4 is 33.2 Å². The molecule has 0 bridgehead atoms. The van der Waals surface area contributed by atoms with Crippen LogP contribution in [0.5, 0.6) is 0 Å². The monoisotopic (exact) mass is 307 g/mol. The molecule has 9 nitrogen and oxygen atoms in total. The first-order valence-electron chi connectivity index (χ1n) is 4.69. The second-order valence-electron chi connectivity index (χ2n) is 3.22. The highest BCUT2D eigenvalue weighted by Crippen LogP contribution is 2.37. The topological polar surface area (TPSA) is 132 Å². The summed E-state index contributed by atoms with van der Waals surface area (Å²) in [5, 5.41) is 21.6. The van der Waals surface area contributed by atoms with Crippen LogP contribution in [0.25, 0.3) is 0 Å². The molecule has 0 radical (unpaired) electrons. The number of nitro groups is 2. The van der Waals surface area contributed by atoms with E-state index in [1.165, 1.54) is 6.26 Å². The maximum Gasteiger partial charge on any atom is 0.291 e. The van der Waals surface area contributed by atoms with Crippen molar-refractivity contribution in [1.29, 1.82) is 0 Å². The van der Waals surface area contributed by atoms with E-state index < -0.39 is 36.1 Å². The van der Waals surface area contributed by atoms with E-state index in [4.69, 9.17) is 0 Å². The molecule has 1 aromatic carbocycles. The summed E-state index contributed by atoms with van der Waals surface area (Å²) in [4.78, 5) is 19.2. The molecule has 1 aromatic rings. The van der Waals surface area contributed by atoms with Crippen molar-refractivity contribution in [1.82, 2.24) is 4.72 Å². The molecule has 1 N–H and O–H groups in total. The summed E-state index contributed by atoms with van der Waals surface area (Å²) in [6.45, 7) is 0. The summed E-state index contributed by atoms with van der Waals surface area (Å²) in [5.41, 5.74) is -1.27. The lowest BCUT2D eigenvalue weighted by molar-refractivity contribution is -0.396. The summed E-state index contributed by atoms with van der Waals surface area (Å²) in [7, 11) is -2.92. The number of nitrogens with one attached hydrogen (secondary N) is 1. The average Bonchev–Trinajstić information content (AvgIpc) is 2.36. The van der Waals surface area contributed by atoms with Crippen LogP contribution in [0.1, 0.15) is 0 Å². The molecule has 0 aliphatic rings. The molecule has 0 saturated carbocycles. The minimum Gasteiger partial charge on any atom is -0.258 e. The molecule has 0 aliphatic heterocycles. The molecule has 0 aromatic heterocycles. The number of thioether (sulfide) groups is 1. The molecule has 11 heteroatoms. The van der Waals surface area contributed by atoms with E-state index in [2.05, 4.69) is 0 Å². The van der Waals surface area contributed by atoms with Crippen molar-refractivity contribution in [3.63, 3.8) is 0 Å². The highest BCUT2D eigenvalue weighted by atomic mass is 32.2. The fourth-order valence-electron chi connectivity index (χ4n) is 1.33. The summed E-state index contributed by atoms with van der Waals surface area (Å²) < 4.78 is 25.5. The van der Waals surface area contributed by atoms with Crippen molar-refractivity contribution in [2.75, 3.05) is 13.3 Å². The summed E-state index contributed by atoms with van der Waals surface area (Å²) >= 11 is 0.830. The van der Waals surface area contributed by atoms with Crippen molar-refractivity contribution < 1.29 is 18.3 Å². The van der Waals surface area contributed by atoms with Crippen molar-refractivity contribution in [3.8, 4) is 0 Å². The van der Waals surface area contributed by atoms with Crippen molar-refractivity contribution in [3.05, 3.63) is 32.4 Å². The maximum atomic E-state index is 11.8. The zero-order valence-electron chi connectivity index (χ0n) is 9.82. The van der Waals surface area contributed by atoms with Crippen LogP contribution in [0.2, 0.25) is 0 Å². The number of nitro benzene ring substituents is 2. The van der Waals surface area contributed by atoms with Crippen LogP contribution >= 0.6 is 11.8 Å². The number of nitrogens with zero attached hydrogens (tertiary/aromatic N) is 2. The second kappa shape index (κ2) is 5.50. The fraction of sp³-hybridized carbons (Fsp3) is 0.250. The minimum atomic E-state index is -4.03. The van der Waals surface area contributed by atoms with Gasteiger partial charge in [-0.3, -0.25) is 20.2 Å². The number of benzene rings is 1. The lowest BCUT2D eigenvalue weighted by Crippen LogP contribution is -2.20. The molecule has 0 heterocycles. The smallest absolute Gasteiger partial charge is 0.258 e. The molecule has 0 atom stereocenters. The first-order chi connectivity index (χ1) is 8.74. The molecular formula is C8H9N3O6S2. The van der Waals surface area contributed by atoms with Crippen LogP contribution < -0.4 is 4.72 Å². The Labute approximate surface area is 112 Å². The highest BCUT2D eigenvalue weighted by molar-refractivity contribution is 7.99. The van der Waals surface area contributed by atoms with Gasteiger partial charge in [0.25, 0.3) is 11.4 Å². The second-order valence-corrected chi connectivity index (χ2v) is 5.89. The standard InChI is InChI=1S/C8H9N3O6S2/c1-9-19(16,17)7-4-5(10(12)13)3-6(11(14)15)8(7)18-2/h3-4,9H,1-2H3. The third-order valence-electron chi connectivity index (χ3n) is 2.19. The Kier molecular flexibility index (Phi) is 4.44. The van der Waals surface area contributed by atoms with E-state index in [1.807, 2.05) is 4.72 Å². The van der Waals surface area contributed by atoms with Gasteiger partial charge in [-0.15, -0.1) is 11.8 Å². The number of non-ortho nitro benzene ring substituents is 1. The van der Waals surface area contributed by atoms with Crippen LogP contribution in [-0.2, 0) is 10.0 Å². The first kappa shape index (κ1) is 15.3. The van der Waals surface area contributed by atoms with E-state index in [9.17, 15) is 28.6 Å². The quantitative estimate of drug-likeness (QED) is 0.489. The van der Waals surface area contributed by atoms with Gasteiger partial charge in [0.2, 0.25) is 10.0 Å². The molecule has 0 aliphatic carbocycles. The predicted molar refractivity (Wildman–Crippen MR) is 67.8 cm³/mol. The van der Waals surface area contributed by atoms with Gasteiger partial charge in [-0.2, -0.15) is 0 Å². The van der Waals surface area contributed by atoms with Crippen LogP contribution in [-0.4, -0.2) is 31.6 Å². The van der Waals surface area contributed by atoms with Crippen molar-refractivity contribution in [2.45, 2.75) is 9.79 Å². The summed E-state index contributed by atoms with van der Waals surface area (Å²) in [6, 6.07) is 1.53. The molecule has 0 spiro atoms. The van der Waals surface area contributed by atoms with Crippen molar-refractivity contribution in [2.24, 2.45) is 0 Å². The normalized spacial score (nSPS) is 11.3. The van der Waals surface area contributed by atoms with Crippen LogP contribution in [0, 0.1) is 20.2 Å². The van der Waals surface area contributed by atoms with Gasteiger partial charge in [-0.05, 0) is 13.3 Å². The third kappa shape index (κ3) is 3.00. The average molecular weight is 307 g/mol. The Bertz CT molecular complexity index is 642. The van der Waals surface area contributed by atoms with E-state index in [-0.39, 0.29) is 4.90 Å². The van der Waals surface area contributed by atoms with Gasteiger partial charge in [0.05, 0.1) is 15.9 Å². The first-order valence-corrected chi connectivity index (χ1v) is 7.39. The minimum absolute atomic E-state index is 0.148. The molecule has 104 valence electrons. The SMILES string of the molecule is CNS(=O)(=O)c1cc([N+](=O)[O-])cc([N+](=O)[O-])c1SC. The molecule has 1 rings (SSSR count). The van der Waals surface area contributed by atoms with Gasteiger partial charge in [-0.25, -0.2) is 13.1 Å². The Morgan fingerprint density at radius 3 is 2.16 bits per heavy atom. The zero-order chi connectivity index (χ0) is 14.8. The third-order valence-corrected chi connectivity index (χ3v) is 4.59. The number of rotatable bonds is 5. The summed E-state index contributed by atoms with van der Waals surface area (Å²) in [5.74, 6) is 0. The highest BCUT2D eigenvalue weighted by Gasteiger charge is 2.29. The Balaban J connectivity index is 3.79. The van der Waals surface area contributed by atoms with Gasteiger partial charge in [0.15, 0.2) is 0 Å². The van der Waals surface area contributed by atoms with Gasteiger partial charge in [0.1, 0.15) is 9.79 Å². The Morgan fingerprint density at radius 2 is 1.79 bits per heavy atom. The van der Waals surface area contributed by atoms with E-state index in [1.54, 1.807) is 0 Å². The Morgan fingerprint density at radius 1 is 1.21 bits per heavy atom. The van der Waals surface area contributed by atoms with Gasteiger partial charge >= 0.3 is 0 Å². The largest absolute Gasteiger partial charge is 0.291 e. The lowest BCUT2D eigenvalue weighted by atomic mass is 10.3. The van der Waals surface area contributed by atoms with Gasteiger partial charge < -0.3 is 0 Å². The molecule has 19 heavy (non-hydrogen) atoms. The lowest BCUT2D eigenvalue weighted by Gasteiger charge is -2.08. The molecule has 0 amide bonds. The van der Waals surface area contributed by atoms with Crippen LogP contribution in [0.3, 0.4) is 0 Å². The molecule has 0 saturated heterocycles. The van der Waals surface area contributed by atoms with E-state index in [0.717, 1.165) is 30.9 Å². The number of sulfonamides is 1. The zero-order valence-corrected chi connectivity index (χ0v) is 11.4.